The molecule has 0 aliphatic rings. The SMILES string of the molecule is CCc1ccc(OC(C)c2nnc(SCC(=O)Nc3ccc(Br)cc3)n2CC)cc1. The highest BCUT2D eigenvalue weighted by molar-refractivity contribution is 9.10. The predicted octanol–water partition coefficient (Wildman–Crippen LogP) is 5.49. The van der Waals surface area contributed by atoms with E-state index < -0.39 is 0 Å². The zero-order valence-electron chi connectivity index (χ0n) is 17.3. The summed E-state index contributed by atoms with van der Waals surface area (Å²) in [6.45, 7) is 6.81. The molecule has 0 aliphatic carbocycles. The van der Waals surface area contributed by atoms with Gasteiger partial charge in [0.15, 0.2) is 17.1 Å². The minimum atomic E-state index is -0.254. The fourth-order valence-electron chi connectivity index (χ4n) is 2.93. The average Bonchev–Trinajstić information content (AvgIpc) is 3.17. The first-order valence-electron chi connectivity index (χ1n) is 9.87. The number of ether oxygens (including phenoxy) is 1. The summed E-state index contributed by atoms with van der Waals surface area (Å²) in [6, 6.07) is 15.6. The molecule has 6 nitrogen and oxygen atoms in total. The summed E-state index contributed by atoms with van der Waals surface area (Å²) in [5.74, 6) is 1.71. The van der Waals surface area contributed by atoms with Gasteiger partial charge in [-0.25, -0.2) is 0 Å². The fourth-order valence-corrected chi connectivity index (χ4v) is 4.00. The van der Waals surface area contributed by atoms with E-state index in [2.05, 4.69) is 50.5 Å². The van der Waals surface area contributed by atoms with Crippen molar-refractivity contribution in [2.24, 2.45) is 0 Å². The second kappa shape index (κ2) is 10.6. The van der Waals surface area contributed by atoms with Crippen LogP contribution >= 0.6 is 27.7 Å². The third-order valence-corrected chi connectivity index (χ3v) is 6.03. The second-order valence-corrected chi connectivity index (χ2v) is 8.54. The van der Waals surface area contributed by atoms with Crippen LogP contribution in [0.15, 0.2) is 58.2 Å². The van der Waals surface area contributed by atoms with Crippen molar-refractivity contribution in [3.8, 4) is 5.75 Å². The lowest BCUT2D eigenvalue weighted by atomic mass is 10.2. The molecule has 0 radical (unpaired) electrons. The maximum atomic E-state index is 12.3. The molecule has 0 saturated heterocycles. The number of nitrogens with one attached hydrogen (secondary N) is 1. The number of carbonyl (C=O) groups excluding carboxylic acids is 1. The largest absolute Gasteiger partial charge is 0.483 e. The van der Waals surface area contributed by atoms with Crippen molar-refractivity contribution in [3.05, 3.63) is 64.4 Å². The Bertz CT molecular complexity index is 974. The first-order valence-corrected chi connectivity index (χ1v) is 11.6. The molecule has 0 aliphatic heterocycles. The molecule has 3 aromatic rings. The monoisotopic (exact) mass is 488 g/mol. The van der Waals surface area contributed by atoms with Gasteiger partial charge in [0.25, 0.3) is 0 Å². The van der Waals surface area contributed by atoms with Gasteiger partial charge < -0.3 is 14.6 Å². The summed E-state index contributed by atoms with van der Waals surface area (Å²) < 4.78 is 9.01. The molecule has 30 heavy (non-hydrogen) atoms. The lowest BCUT2D eigenvalue weighted by molar-refractivity contribution is -0.113. The third-order valence-electron chi connectivity index (χ3n) is 4.53. The summed E-state index contributed by atoms with van der Waals surface area (Å²) in [5.41, 5.74) is 2.03. The zero-order valence-corrected chi connectivity index (χ0v) is 19.7. The quantitative estimate of drug-likeness (QED) is 0.403. The van der Waals surface area contributed by atoms with Crippen LogP contribution in [0.4, 0.5) is 5.69 Å². The Balaban J connectivity index is 1.61. The molecule has 0 saturated carbocycles. The highest BCUT2D eigenvalue weighted by atomic mass is 79.9. The average molecular weight is 489 g/mol. The van der Waals surface area contributed by atoms with Crippen molar-refractivity contribution in [1.29, 1.82) is 0 Å². The fraction of sp³-hybridized carbons (Fsp3) is 0.318. The van der Waals surface area contributed by atoms with Gasteiger partial charge in [0.1, 0.15) is 5.75 Å². The van der Waals surface area contributed by atoms with Crippen LogP contribution in [0.3, 0.4) is 0 Å². The van der Waals surface area contributed by atoms with Crippen molar-refractivity contribution in [2.75, 3.05) is 11.1 Å². The van der Waals surface area contributed by atoms with E-state index in [4.69, 9.17) is 4.74 Å². The van der Waals surface area contributed by atoms with Gasteiger partial charge in [-0.1, -0.05) is 46.7 Å². The first kappa shape index (κ1) is 22.4. The number of anilines is 1. The molecule has 1 unspecified atom stereocenters. The molecule has 1 amide bonds. The maximum Gasteiger partial charge on any atom is 0.234 e. The van der Waals surface area contributed by atoms with Gasteiger partial charge in [-0.05, 0) is 62.2 Å². The van der Waals surface area contributed by atoms with Crippen LogP contribution in [-0.2, 0) is 17.8 Å². The van der Waals surface area contributed by atoms with E-state index in [1.54, 1.807) is 0 Å². The molecule has 3 rings (SSSR count). The van der Waals surface area contributed by atoms with Gasteiger partial charge >= 0.3 is 0 Å². The molecule has 2 aromatic carbocycles. The Hall–Kier alpha value is -2.32. The minimum absolute atomic E-state index is 0.0881. The summed E-state index contributed by atoms with van der Waals surface area (Å²) in [6.07, 6.45) is 0.742. The van der Waals surface area contributed by atoms with Gasteiger partial charge in [-0.2, -0.15) is 0 Å². The number of hydrogen-bond donors (Lipinski definition) is 1. The van der Waals surface area contributed by atoms with E-state index >= 15 is 0 Å². The Morgan fingerprint density at radius 1 is 1.13 bits per heavy atom. The van der Waals surface area contributed by atoms with Crippen molar-refractivity contribution in [2.45, 2.75) is 45.0 Å². The number of benzene rings is 2. The number of amides is 1. The predicted molar refractivity (Wildman–Crippen MR) is 124 cm³/mol. The van der Waals surface area contributed by atoms with Crippen LogP contribution in [0.1, 0.15) is 38.3 Å². The molecule has 8 heteroatoms. The summed E-state index contributed by atoms with van der Waals surface area (Å²) in [5, 5.41) is 12.2. The van der Waals surface area contributed by atoms with Crippen LogP contribution in [0.2, 0.25) is 0 Å². The summed E-state index contributed by atoms with van der Waals surface area (Å²) in [7, 11) is 0. The van der Waals surface area contributed by atoms with E-state index in [1.165, 1.54) is 17.3 Å². The molecule has 158 valence electrons. The molecule has 1 heterocycles. The number of rotatable bonds is 9. The van der Waals surface area contributed by atoms with E-state index in [0.717, 1.165) is 28.2 Å². The topological polar surface area (TPSA) is 69.0 Å². The second-order valence-electron chi connectivity index (χ2n) is 6.69. The van der Waals surface area contributed by atoms with Gasteiger partial charge in [0.2, 0.25) is 5.91 Å². The Labute approximate surface area is 189 Å². The van der Waals surface area contributed by atoms with E-state index in [-0.39, 0.29) is 17.8 Å². The highest BCUT2D eigenvalue weighted by Crippen LogP contribution is 2.25. The lowest BCUT2D eigenvalue weighted by Crippen LogP contribution is -2.15. The smallest absolute Gasteiger partial charge is 0.234 e. The molecular formula is C22H25BrN4O2S. The van der Waals surface area contributed by atoms with Gasteiger partial charge in [-0.3, -0.25) is 4.79 Å². The third kappa shape index (κ3) is 5.86. The van der Waals surface area contributed by atoms with Crippen molar-refractivity contribution in [1.82, 2.24) is 14.8 Å². The van der Waals surface area contributed by atoms with E-state index in [1.807, 2.05) is 54.8 Å². The van der Waals surface area contributed by atoms with E-state index in [9.17, 15) is 4.79 Å². The molecule has 1 aromatic heterocycles. The number of carbonyl (C=O) groups is 1. The van der Waals surface area contributed by atoms with Crippen molar-refractivity contribution >= 4 is 39.3 Å². The van der Waals surface area contributed by atoms with Gasteiger partial charge in [-0.15, -0.1) is 10.2 Å². The normalized spacial score (nSPS) is 11.9. The van der Waals surface area contributed by atoms with E-state index in [0.29, 0.717) is 11.7 Å². The lowest BCUT2D eigenvalue weighted by Gasteiger charge is -2.16. The van der Waals surface area contributed by atoms with Crippen LogP contribution in [0.5, 0.6) is 5.75 Å². The number of hydrogen-bond acceptors (Lipinski definition) is 5. The molecule has 1 N–H and O–H groups in total. The number of halogens is 1. The molecule has 0 bridgehead atoms. The Kier molecular flexibility index (Phi) is 7.93. The number of aryl methyl sites for hydroxylation is 1. The van der Waals surface area contributed by atoms with Crippen molar-refractivity contribution in [3.63, 3.8) is 0 Å². The number of nitrogens with zero attached hydrogens (tertiary/aromatic N) is 3. The number of aromatic nitrogens is 3. The molecular weight excluding hydrogens is 464 g/mol. The highest BCUT2D eigenvalue weighted by Gasteiger charge is 2.19. The first-order chi connectivity index (χ1) is 14.5. The van der Waals surface area contributed by atoms with Crippen LogP contribution in [-0.4, -0.2) is 26.4 Å². The van der Waals surface area contributed by atoms with Crippen molar-refractivity contribution < 1.29 is 9.53 Å². The Morgan fingerprint density at radius 3 is 2.47 bits per heavy atom. The van der Waals surface area contributed by atoms with Crippen LogP contribution in [0.25, 0.3) is 0 Å². The van der Waals surface area contributed by atoms with Crippen LogP contribution in [0, 0.1) is 0 Å². The number of thioether (sulfide) groups is 1. The molecule has 0 spiro atoms. The molecule has 1 atom stereocenters. The maximum absolute atomic E-state index is 12.3. The standard InChI is InChI=1S/C22H25BrN4O2S/c1-4-16-6-12-19(13-7-16)29-15(3)21-25-26-22(27(21)5-2)30-14-20(28)24-18-10-8-17(23)9-11-18/h6-13,15H,4-5,14H2,1-3H3,(H,24,28). The van der Waals surface area contributed by atoms with Gasteiger partial charge in [0.05, 0.1) is 5.75 Å². The summed E-state index contributed by atoms with van der Waals surface area (Å²) in [4.78, 5) is 12.3. The zero-order chi connectivity index (χ0) is 21.5. The molecule has 0 fully saturated rings. The summed E-state index contributed by atoms with van der Waals surface area (Å²) >= 11 is 4.75. The Morgan fingerprint density at radius 2 is 1.83 bits per heavy atom. The van der Waals surface area contributed by atoms with Crippen LogP contribution < -0.4 is 10.1 Å². The van der Waals surface area contributed by atoms with Gasteiger partial charge in [0, 0.05) is 16.7 Å². The minimum Gasteiger partial charge on any atom is -0.483 e.